The summed E-state index contributed by atoms with van der Waals surface area (Å²) < 4.78 is 0.952. The van der Waals surface area contributed by atoms with Crippen molar-refractivity contribution < 1.29 is 14.7 Å². The SMILES string of the molecule is N#Cc1ccc2c(c1)CC[C@@H]2NC(=O)c1cc(C(=O)O)n2nnnc2n1. The standard InChI is InChI=1S/C16H11N7O3/c17-7-8-1-3-10-9(5-8)2-4-11(10)18-14(24)12-6-13(15(25)26)23-16(19-12)20-21-22-23/h1,3,5-6,11H,2,4H2,(H,18,24)(H,25,26)/t11-/m0/s1. The van der Waals surface area contributed by atoms with Gasteiger partial charge in [-0.1, -0.05) is 11.2 Å². The van der Waals surface area contributed by atoms with Crippen molar-refractivity contribution in [2.75, 3.05) is 0 Å². The van der Waals surface area contributed by atoms with E-state index < -0.39 is 11.9 Å². The number of nitrogens with one attached hydrogen (secondary N) is 1. The van der Waals surface area contributed by atoms with Crippen molar-refractivity contribution in [1.29, 1.82) is 5.26 Å². The third-order valence-corrected chi connectivity index (χ3v) is 4.28. The highest BCUT2D eigenvalue weighted by molar-refractivity contribution is 5.96. The number of carbonyl (C=O) groups is 2. The van der Waals surface area contributed by atoms with Crippen LogP contribution >= 0.6 is 0 Å². The lowest BCUT2D eigenvalue weighted by molar-refractivity contribution is 0.0687. The second kappa shape index (κ2) is 5.89. The molecule has 0 aliphatic heterocycles. The molecule has 0 fully saturated rings. The van der Waals surface area contributed by atoms with Gasteiger partial charge < -0.3 is 10.4 Å². The Kier molecular flexibility index (Phi) is 3.54. The first kappa shape index (κ1) is 15.6. The quantitative estimate of drug-likeness (QED) is 0.695. The van der Waals surface area contributed by atoms with Crippen LogP contribution in [0.15, 0.2) is 24.3 Å². The number of hydrogen-bond donors (Lipinski definition) is 2. The van der Waals surface area contributed by atoms with Crippen molar-refractivity contribution in [1.82, 2.24) is 30.3 Å². The van der Waals surface area contributed by atoms with Crippen molar-refractivity contribution in [3.8, 4) is 6.07 Å². The van der Waals surface area contributed by atoms with Crippen LogP contribution in [-0.2, 0) is 6.42 Å². The molecule has 2 aromatic heterocycles. The Bertz CT molecular complexity index is 1100. The number of fused-ring (bicyclic) bond motifs is 2. The Morgan fingerprint density at radius 1 is 1.35 bits per heavy atom. The molecule has 0 bridgehead atoms. The van der Waals surface area contributed by atoms with Crippen LogP contribution in [0, 0.1) is 11.3 Å². The molecule has 1 atom stereocenters. The summed E-state index contributed by atoms with van der Waals surface area (Å²) >= 11 is 0. The number of nitrogens with zero attached hydrogens (tertiary/aromatic N) is 6. The van der Waals surface area contributed by atoms with E-state index in [1.165, 1.54) is 0 Å². The van der Waals surface area contributed by atoms with Gasteiger partial charge in [0.2, 0.25) is 0 Å². The molecule has 0 spiro atoms. The lowest BCUT2D eigenvalue weighted by Gasteiger charge is -2.14. The van der Waals surface area contributed by atoms with Crippen molar-refractivity contribution in [3.63, 3.8) is 0 Å². The van der Waals surface area contributed by atoms with Crippen LogP contribution in [-0.4, -0.2) is 42.0 Å². The van der Waals surface area contributed by atoms with E-state index in [1.807, 2.05) is 12.1 Å². The number of carboxylic acids is 1. The molecule has 2 heterocycles. The maximum Gasteiger partial charge on any atom is 0.354 e. The summed E-state index contributed by atoms with van der Waals surface area (Å²) in [4.78, 5) is 27.9. The van der Waals surface area contributed by atoms with E-state index in [0.717, 1.165) is 28.1 Å². The molecule has 0 saturated carbocycles. The average Bonchev–Trinajstić information content (AvgIpc) is 3.27. The minimum Gasteiger partial charge on any atom is -0.477 e. The first-order chi connectivity index (χ1) is 12.6. The van der Waals surface area contributed by atoms with E-state index in [2.05, 4.69) is 31.9 Å². The Hall–Kier alpha value is -3.87. The van der Waals surface area contributed by atoms with Gasteiger partial charge in [-0.05, 0) is 46.5 Å². The van der Waals surface area contributed by atoms with Crippen molar-refractivity contribution in [2.24, 2.45) is 0 Å². The zero-order valence-corrected chi connectivity index (χ0v) is 13.2. The van der Waals surface area contributed by atoms with Gasteiger partial charge in [-0.2, -0.15) is 9.78 Å². The van der Waals surface area contributed by atoms with Gasteiger partial charge in [-0.3, -0.25) is 4.79 Å². The Labute approximate surface area is 146 Å². The summed E-state index contributed by atoms with van der Waals surface area (Å²) in [5.41, 5.74) is 2.21. The molecule has 0 radical (unpaired) electrons. The molecule has 0 saturated heterocycles. The first-order valence-corrected chi connectivity index (χ1v) is 7.73. The maximum absolute atomic E-state index is 12.6. The van der Waals surface area contributed by atoms with Crippen molar-refractivity contribution in [2.45, 2.75) is 18.9 Å². The predicted molar refractivity (Wildman–Crippen MR) is 85.2 cm³/mol. The molecule has 10 nitrogen and oxygen atoms in total. The molecule has 3 aromatic rings. The number of carbonyl (C=O) groups excluding carboxylic acids is 1. The summed E-state index contributed by atoms with van der Waals surface area (Å²) in [6.07, 6.45) is 1.44. The van der Waals surface area contributed by atoms with E-state index in [1.54, 1.807) is 6.07 Å². The fraction of sp³-hybridized carbons (Fsp3) is 0.188. The lowest BCUT2D eigenvalue weighted by Crippen LogP contribution is -2.28. The smallest absolute Gasteiger partial charge is 0.354 e. The van der Waals surface area contributed by atoms with Crippen LogP contribution in [0.4, 0.5) is 0 Å². The van der Waals surface area contributed by atoms with Gasteiger partial charge in [0.25, 0.3) is 11.7 Å². The third kappa shape index (κ3) is 2.51. The van der Waals surface area contributed by atoms with Crippen LogP contribution < -0.4 is 5.32 Å². The number of nitriles is 1. The molecule has 1 aliphatic carbocycles. The predicted octanol–water partition coefficient (Wildman–Crippen LogP) is 0.506. The van der Waals surface area contributed by atoms with Gasteiger partial charge in [0.1, 0.15) is 5.69 Å². The summed E-state index contributed by atoms with van der Waals surface area (Å²) in [6.45, 7) is 0. The van der Waals surface area contributed by atoms with Crippen molar-refractivity contribution in [3.05, 3.63) is 52.3 Å². The van der Waals surface area contributed by atoms with E-state index in [9.17, 15) is 14.7 Å². The van der Waals surface area contributed by atoms with Gasteiger partial charge in [0, 0.05) is 6.07 Å². The molecule has 128 valence electrons. The zero-order valence-electron chi connectivity index (χ0n) is 13.2. The highest BCUT2D eigenvalue weighted by Gasteiger charge is 2.26. The minimum absolute atomic E-state index is 0.0689. The second-order valence-corrected chi connectivity index (χ2v) is 5.81. The maximum atomic E-state index is 12.6. The van der Waals surface area contributed by atoms with Gasteiger partial charge in [0.15, 0.2) is 5.69 Å². The minimum atomic E-state index is -1.27. The number of tetrazole rings is 1. The summed E-state index contributed by atoms with van der Waals surface area (Å²) in [5, 5.41) is 31.6. The number of benzene rings is 1. The van der Waals surface area contributed by atoms with Crippen LogP contribution in [0.5, 0.6) is 0 Å². The number of amides is 1. The molecule has 4 rings (SSSR count). The number of hydrogen-bond acceptors (Lipinski definition) is 7. The third-order valence-electron chi connectivity index (χ3n) is 4.28. The first-order valence-electron chi connectivity index (χ1n) is 7.73. The number of aromatic carboxylic acids is 1. The highest BCUT2D eigenvalue weighted by Crippen LogP contribution is 2.31. The molecule has 26 heavy (non-hydrogen) atoms. The molecule has 0 unspecified atom stereocenters. The van der Waals surface area contributed by atoms with E-state index >= 15 is 0 Å². The topological polar surface area (TPSA) is 146 Å². The largest absolute Gasteiger partial charge is 0.477 e. The van der Waals surface area contributed by atoms with Crippen LogP contribution in [0.2, 0.25) is 0 Å². The lowest BCUT2D eigenvalue weighted by atomic mass is 10.1. The monoisotopic (exact) mass is 349 g/mol. The number of rotatable bonds is 3. The average molecular weight is 349 g/mol. The van der Waals surface area contributed by atoms with Gasteiger partial charge >= 0.3 is 5.97 Å². The number of aryl methyl sites for hydroxylation is 1. The fourth-order valence-electron chi connectivity index (χ4n) is 3.08. The second-order valence-electron chi connectivity index (χ2n) is 5.81. The van der Waals surface area contributed by atoms with Gasteiger partial charge in [-0.15, -0.1) is 0 Å². The molecular weight excluding hydrogens is 338 g/mol. The van der Waals surface area contributed by atoms with Crippen LogP contribution in [0.3, 0.4) is 0 Å². The molecule has 1 aliphatic rings. The molecular formula is C16H11N7O3. The molecule has 1 aromatic carbocycles. The van der Waals surface area contributed by atoms with Crippen LogP contribution in [0.1, 0.15) is 50.1 Å². The highest BCUT2D eigenvalue weighted by atomic mass is 16.4. The summed E-state index contributed by atoms with van der Waals surface area (Å²) in [7, 11) is 0. The molecule has 10 heteroatoms. The van der Waals surface area contributed by atoms with E-state index in [4.69, 9.17) is 5.26 Å². The summed E-state index contributed by atoms with van der Waals surface area (Å²) in [6, 6.07) is 8.35. The zero-order chi connectivity index (χ0) is 18.3. The number of aromatic nitrogens is 5. The normalized spacial score (nSPS) is 15.4. The molecule has 2 N–H and O–H groups in total. The van der Waals surface area contributed by atoms with Gasteiger partial charge in [-0.25, -0.2) is 9.78 Å². The fourth-order valence-corrected chi connectivity index (χ4v) is 3.08. The van der Waals surface area contributed by atoms with Gasteiger partial charge in [0.05, 0.1) is 17.7 Å². The molecule has 1 amide bonds. The Balaban J connectivity index is 1.63. The van der Waals surface area contributed by atoms with Crippen molar-refractivity contribution >= 4 is 17.7 Å². The number of carboxylic acid groups (broad SMARTS) is 1. The van der Waals surface area contributed by atoms with E-state index in [0.29, 0.717) is 12.0 Å². The summed E-state index contributed by atoms with van der Waals surface area (Å²) in [5.74, 6) is -1.85. The Morgan fingerprint density at radius 3 is 2.96 bits per heavy atom. The van der Waals surface area contributed by atoms with E-state index in [-0.39, 0.29) is 23.2 Å². The van der Waals surface area contributed by atoms with Crippen LogP contribution in [0.25, 0.3) is 5.78 Å². The Morgan fingerprint density at radius 2 is 2.19 bits per heavy atom.